The number of nitrogens with one attached hydrogen (secondary N) is 1. The molecule has 2 bridgehead atoms. The highest BCUT2D eigenvalue weighted by molar-refractivity contribution is 4.95. The quantitative estimate of drug-likeness (QED) is 0.416. The van der Waals surface area contributed by atoms with Crippen molar-refractivity contribution in [3.63, 3.8) is 0 Å². The molecule has 3 nitrogen and oxygen atoms in total. The number of rotatable bonds is 1. The zero-order valence-corrected chi connectivity index (χ0v) is 7.09. The lowest BCUT2D eigenvalue weighted by atomic mass is 9.99. The van der Waals surface area contributed by atoms with E-state index in [1.807, 2.05) is 0 Å². The number of fused-ring (bicyclic) bond motifs is 2. The summed E-state index contributed by atoms with van der Waals surface area (Å²) in [5, 5.41) is 0. The SMILES string of the molecule is CN1[C@@H]2CC[C@@H]1CC(NN)C2. The molecule has 0 unspecified atom stereocenters. The normalized spacial score (nSPS) is 44.7. The van der Waals surface area contributed by atoms with E-state index in [9.17, 15) is 0 Å². The number of nitrogens with two attached hydrogens (primary N) is 1. The van der Waals surface area contributed by atoms with Crippen molar-refractivity contribution >= 4 is 0 Å². The second-order valence-corrected chi connectivity index (χ2v) is 3.89. The molecule has 0 aliphatic carbocycles. The summed E-state index contributed by atoms with van der Waals surface area (Å²) in [6.07, 6.45) is 5.23. The largest absolute Gasteiger partial charge is 0.300 e. The van der Waals surface area contributed by atoms with Crippen LogP contribution < -0.4 is 11.3 Å². The number of piperidine rings is 1. The van der Waals surface area contributed by atoms with Gasteiger partial charge in [0.1, 0.15) is 0 Å². The Morgan fingerprint density at radius 1 is 1.27 bits per heavy atom. The predicted octanol–water partition coefficient (Wildman–Crippen LogP) is 0.0749. The van der Waals surface area contributed by atoms with Crippen molar-refractivity contribution in [2.24, 2.45) is 5.84 Å². The molecule has 0 aromatic rings. The van der Waals surface area contributed by atoms with Crippen molar-refractivity contribution < 1.29 is 0 Å². The number of hydrogen-bond acceptors (Lipinski definition) is 3. The molecule has 3 heteroatoms. The van der Waals surface area contributed by atoms with Gasteiger partial charge in [-0.2, -0.15) is 0 Å². The molecule has 0 aromatic heterocycles. The van der Waals surface area contributed by atoms with Gasteiger partial charge in [-0.3, -0.25) is 11.3 Å². The molecule has 2 atom stereocenters. The van der Waals surface area contributed by atoms with Crippen molar-refractivity contribution in [3.05, 3.63) is 0 Å². The van der Waals surface area contributed by atoms with E-state index in [0.717, 1.165) is 12.1 Å². The van der Waals surface area contributed by atoms with E-state index in [4.69, 9.17) is 5.84 Å². The molecule has 3 N–H and O–H groups in total. The maximum atomic E-state index is 5.43. The second-order valence-electron chi connectivity index (χ2n) is 3.89. The molecular weight excluding hydrogens is 138 g/mol. The molecule has 0 aromatic carbocycles. The topological polar surface area (TPSA) is 41.3 Å². The molecule has 2 aliphatic rings. The van der Waals surface area contributed by atoms with Crippen LogP contribution >= 0.6 is 0 Å². The fourth-order valence-electron chi connectivity index (χ4n) is 2.55. The maximum absolute atomic E-state index is 5.43. The van der Waals surface area contributed by atoms with Crippen molar-refractivity contribution in [2.75, 3.05) is 7.05 Å². The van der Waals surface area contributed by atoms with Crippen LogP contribution in [-0.2, 0) is 0 Å². The van der Waals surface area contributed by atoms with Gasteiger partial charge >= 0.3 is 0 Å². The average Bonchev–Trinajstić information content (AvgIpc) is 2.26. The van der Waals surface area contributed by atoms with E-state index in [1.165, 1.54) is 25.7 Å². The van der Waals surface area contributed by atoms with E-state index < -0.39 is 0 Å². The standard InChI is InChI=1S/C8H17N3/c1-11-7-2-3-8(11)5-6(4-7)10-9/h6-8,10H,2-5,9H2,1H3/t7-,8-/m1/s1. The van der Waals surface area contributed by atoms with E-state index in [0.29, 0.717) is 6.04 Å². The molecule has 2 fully saturated rings. The molecule has 0 amide bonds. The van der Waals surface area contributed by atoms with Gasteiger partial charge in [-0.1, -0.05) is 0 Å². The van der Waals surface area contributed by atoms with Crippen LogP contribution in [0.3, 0.4) is 0 Å². The summed E-state index contributed by atoms with van der Waals surface area (Å²) in [6.45, 7) is 0. The summed E-state index contributed by atoms with van der Waals surface area (Å²) in [4.78, 5) is 2.52. The van der Waals surface area contributed by atoms with Crippen LogP contribution in [0.5, 0.6) is 0 Å². The van der Waals surface area contributed by atoms with E-state index in [1.54, 1.807) is 0 Å². The van der Waals surface area contributed by atoms with Gasteiger partial charge in [0.25, 0.3) is 0 Å². The summed E-state index contributed by atoms with van der Waals surface area (Å²) in [7, 11) is 2.25. The lowest BCUT2D eigenvalue weighted by Crippen LogP contribution is -2.49. The Hall–Kier alpha value is -0.120. The van der Waals surface area contributed by atoms with Crippen LogP contribution in [0.25, 0.3) is 0 Å². The van der Waals surface area contributed by atoms with Crippen LogP contribution in [0.4, 0.5) is 0 Å². The molecular formula is C8H17N3. The molecule has 11 heavy (non-hydrogen) atoms. The van der Waals surface area contributed by atoms with Crippen molar-refractivity contribution in [1.29, 1.82) is 0 Å². The fraction of sp³-hybridized carbons (Fsp3) is 1.00. The smallest absolute Gasteiger partial charge is 0.0240 e. The highest BCUT2D eigenvalue weighted by Gasteiger charge is 2.37. The van der Waals surface area contributed by atoms with E-state index in [-0.39, 0.29) is 0 Å². The third-order valence-electron chi connectivity index (χ3n) is 3.33. The highest BCUT2D eigenvalue weighted by Crippen LogP contribution is 2.33. The molecule has 2 heterocycles. The number of hydrogen-bond donors (Lipinski definition) is 2. The summed E-state index contributed by atoms with van der Waals surface area (Å²) < 4.78 is 0. The van der Waals surface area contributed by atoms with Gasteiger partial charge in [0.15, 0.2) is 0 Å². The van der Waals surface area contributed by atoms with E-state index >= 15 is 0 Å². The average molecular weight is 155 g/mol. The monoisotopic (exact) mass is 155 g/mol. The Morgan fingerprint density at radius 3 is 2.27 bits per heavy atom. The van der Waals surface area contributed by atoms with Crippen LogP contribution in [0.1, 0.15) is 25.7 Å². The van der Waals surface area contributed by atoms with Crippen LogP contribution in [0.15, 0.2) is 0 Å². The summed E-state index contributed by atoms with van der Waals surface area (Å²) in [5.41, 5.74) is 2.90. The van der Waals surface area contributed by atoms with Crippen molar-refractivity contribution in [2.45, 2.75) is 43.8 Å². The first kappa shape index (κ1) is 7.53. The minimum atomic E-state index is 0.573. The Bertz CT molecular complexity index is 134. The molecule has 2 rings (SSSR count). The minimum Gasteiger partial charge on any atom is -0.300 e. The first-order chi connectivity index (χ1) is 5.31. The third-order valence-corrected chi connectivity index (χ3v) is 3.33. The first-order valence-corrected chi connectivity index (χ1v) is 4.49. The molecule has 0 spiro atoms. The van der Waals surface area contributed by atoms with Gasteiger partial charge in [-0.15, -0.1) is 0 Å². The van der Waals surface area contributed by atoms with Gasteiger partial charge in [0, 0.05) is 18.1 Å². The minimum absolute atomic E-state index is 0.573. The maximum Gasteiger partial charge on any atom is 0.0240 e. The Labute approximate surface area is 67.9 Å². The molecule has 0 saturated carbocycles. The Kier molecular flexibility index (Phi) is 1.87. The van der Waals surface area contributed by atoms with Crippen LogP contribution in [0, 0.1) is 0 Å². The van der Waals surface area contributed by atoms with Gasteiger partial charge in [-0.25, -0.2) is 0 Å². The van der Waals surface area contributed by atoms with Gasteiger partial charge in [-0.05, 0) is 32.7 Å². The molecule has 0 radical (unpaired) electrons. The predicted molar refractivity (Wildman–Crippen MR) is 44.9 cm³/mol. The van der Waals surface area contributed by atoms with Gasteiger partial charge in [0.05, 0.1) is 0 Å². The molecule has 2 aliphatic heterocycles. The zero-order valence-electron chi connectivity index (χ0n) is 7.09. The first-order valence-electron chi connectivity index (χ1n) is 4.49. The van der Waals surface area contributed by atoms with Crippen molar-refractivity contribution in [3.8, 4) is 0 Å². The van der Waals surface area contributed by atoms with Gasteiger partial charge < -0.3 is 4.90 Å². The Morgan fingerprint density at radius 2 is 1.82 bits per heavy atom. The number of hydrazine groups is 1. The second kappa shape index (κ2) is 2.73. The lowest BCUT2D eigenvalue weighted by molar-refractivity contribution is 0.149. The zero-order chi connectivity index (χ0) is 7.84. The fourth-order valence-corrected chi connectivity index (χ4v) is 2.55. The summed E-state index contributed by atoms with van der Waals surface area (Å²) in [6, 6.07) is 2.17. The molecule has 2 saturated heterocycles. The lowest BCUT2D eigenvalue weighted by Gasteiger charge is -2.35. The van der Waals surface area contributed by atoms with Crippen LogP contribution in [-0.4, -0.2) is 30.1 Å². The van der Waals surface area contributed by atoms with Crippen molar-refractivity contribution in [1.82, 2.24) is 10.3 Å². The number of nitrogens with zero attached hydrogens (tertiary/aromatic N) is 1. The van der Waals surface area contributed by atoms with Crippen LogP contribution in [0.2, 0.25) is 0 Å². The van der Waals surface area contributed by atoms with E-state index in [2.05, 4.69) is 17.4 Å². The molecule has 64 valence electrons. The summed E-state index contributed by atoms with van der Waals surface area (Å²) >= 11 is 0. The third kappa shape index (κ3) is 1.17. The van der Waals surface area contributed by atoms with Gasteiger partial charge in [0.2, 0.25) is 0 Å². The Balaban J connectivity index is 2.02. The highest BCUT2D eigenvalue weighted by atomic mass is 15.3. The summed E-state index contributed by atoms with van der Waals surface area (Å²) in [5.74, 6) is 5.43.